The molecule has 0 N–H and O–H groups in total. The van der Waals surface area contributed by atoms with Gasteiger partial charge in [-0.25, -0.2) is 8.42 Å². The van der Waals surface area contributed by atoms with Gasteiger partial charge in [0.1, 0.15) is 5.76 Å². The number of rotatable bonds is 6. The molecule has 7 nitrogen and oxygen atoms in total. The molecule has 2 aromatic heterocycles. The average Bonchev–Trinajstić information content (AvgIpc) is 3.17. The standard InChI is InChI=1S/C18H25N3O4S/c1-12-7-17(14(3)21(12)16-5-6-26(23,24)11-16)18(22)10-20(4)9-15-8-13(2)25-19-15/h7-8,16H,5-6,9-11H2,1-4H3. The van der Waals surface area contributed by atoms with Gasteiger partial charge in [-0.3, -0.25) is 9.69 Å². The number of aryl methyl sites for hydroxylation is 2. The molecule has 0 saturated carbocycles. The number of ketones is 1. The lowest BCUT2D eigenvalue weighted by Gasteiger charge is -2.17. The van der Waals surface area contributed by atoms with Crippen molar-refractivity contribution in [1.82, 2.24) is 14.6 Å². The molecule has 0 spiro atoms. The monoisotopic (exact) mass is 379 g/mol. The minimum Gasteiger partial charge on any atom is -0.361 e. The Morgan fingerprint density at radius 2 is 2.08 bits per heavy atom. The molecule has 8 heteroatoms. The Morgan fingerprint density at radius 1 is 1.35 bits per heavy atom. The topological polar surface area (TPSA) is 85.4 Å². The molecule has 1 saturated heterocycles. The summed E-state index contributed by atoms with van der Waals surface area (Å²) in [4.78, 5) is 14.7. The number of sulfone groups is 1. The van der Waals surface area contributed by atoms with Crippen molar-refractivity contribution in [2.75, 3.05) is 25.1 Å². The molecule has 0 bridgehead atoms. The van der Waals surface area contributed by atoms with Crippen molar-refractivity contribution >= 4 is 15.6 Å². The van der Waals surface area contributed by atoms with Crippen molar-refractivity contribution in [2.45, 2.75) is 39.8 Å². The van der Waals surface area contributed by atoms with Gasteiger partial charge in [-0.1, -0.05) is 5.16 Å². The third kappa shape index (κ3) is 3.91. The third-order valence-electron chi connectivity index (χ3n) is 4.88. The van der Waals surface area contributed by atoms with Gasteiger partial charge in [-0.15, -0.1) is 0 Å². The van der Waals surface area contributed by atoms with Crippen LogP contribution in [0, 0.1) is 20.8 Å². The zero-order chi connectivity index (χ0) is 19.1. The van der Waals surface area contributed by atoms with Gasteiger partial charge >= 0.3 is 0 Å². The van der Waals surface area contributed by atoms with Crippen LogP contribution in [0.2, 0.25) is 0 Å². The molecule has 1 fully saturated rings. The highest BCUT2D eigenvalue weighted by molar-refractivity contribution is 7.91. The fourth-order valence-electron chi connectivity index (χ4n) is 3.76. The summed E-state index contributed by atoms with van der Waals surface area (Å²) in [7, 11) is -1.10. The van der Waals surface area contributed by atoms with Crippen LogP contribution in [0.25, 0.3) is 0 Å². The first-order valence-corrected chi connectivity index (χ1v) is 10.5. The largest absolute Gasteiger partial charge is 0.361 e. The highest BCUT2D eigenvalue weighted by atomic mass is 32.2. The maximum atomic E-state index is 12.8. The molecule has 0 amide bonds. The number of carbonyl (C=O) groups is 1. The number of nitrogens with zero attached hydrogens (tertiary/aromatic N) is 3. The van der Waals surface area contributed by atoms with Gasteiger partial charge in [0.25, 0.3) is 0 Å². The van der Waals surface area contributed by atoms with Crippen LogP contribution in [0.5, 0.6) is 0 Å². The molecular formula is C18H25N3O4S. The first-order chi connectivity index (χ1) is 12.2. The molecule has 1 aliphatic heterocycles. The Kier molecular flexibility index (Phi) is 5.07. The normalized spacial score (nSPS) is 19.3. The third-order valence-corrected chi connectivity index (χ3v) is 6.63. The SMILES string of the molecule is Cc1cc(CN(C)CC(=O)c2cc(C)n(C3CCS(=O)(=O)C3)c2C)no1. The summed E-state index contributed by atoms with van der Waals surface area (Å²) in [6, 6.07) is 3.65. The van der Waals surface area contributed by atoms with E-state index in [1.54, 1.807) is 0 Å². The predicted octanol–water partition coefficient (Wildman–Crippen LogP) is 2.08. The van der Waals surface area contributed by atoms with E-state index in [1.165, 1.54) is 0 Å². The molecule has 142 valence electrons. The number of likely N-dealkylation sites (N-methyl/N-ethyl adjacent to an activating group) is 1. The van der Waals surface area contributed by atoms with Crippen LogP contribution >= 0.6 is 0 Å². The Hall–Kier alpha value is -1.93. The summed E-state index contributed by atoms with van der Waals surface area (Å²) in [5, 5.41) is 3.95. The van der Waals surface area contributed by atoms with Crippen molar-refractivity contribution in [3.8, 4) is 0 Å². The molecule has 2 aromatic rings. The Bertz CT molecular complexity index is 926. The van der Waals surface area contributed by atoms with E-state index >= 15 is 0 Å². The second-order valence-corrected chi connectivity index (χ2v) is 9.46. The number of hydrogen-bond donors (Lipinski definition) is 0. The molecular weight excluding hydrogens is 354 g/mol. The summed E-state index contributed by atoms with van der Waals surface area (Å²) < 4.78 is 30.7. The van der Waals surface area contributed by atoms with Crippen LogP contribution in [0.15, 0.2) is 16.7 Å². The van der Waals surface area contributed by atoms with Gasteiger partial charge in [0, 0.05) is 35.6 Å². The van der Waals surface area contributed by atoms with Crippen molar-refractivity contribution in [3.05, 3.63) is 40.5 Å². The van der Waals surface area contributed by atoms with Crippen LogP contribution in [0.4, 0.5) is 0 Å². The average molecular weight is 379 g/mol. The molecule has 3 heterocycles. The van der Waals surface area contributed by atoms with Crippen LogP contribution in [0.3, 0.4) is 0 Å². The smallest absolute Gasteiger partial charge is 0.178 e. The minimum atomic E-state index is -2.97. The summed E-state index contributed by atoms with van der Waals surface area (Å²) in [5.74, 6) is 1.14. The van der Waals surface area contributed by atoms with E-state index in [1.807, 2.05) is 49.4 Å². The van der Waals surface area contributed by atoms with E-state index in [-0.39, 0.29) is 29.9 Å². The van der Waals surface area contributed by atoms with Gasteiger partial charge in [-0.2, -0.15) is 0 Å². The minimum absolute atomic E-state index is 0.0212. The maximum absolute atomic E-state index is 12.8. The van der Waals surface area contributed by atoms with E-state index in [0.29, 0.717) is 18.5 Å². The number of hydrogen-bond acceptors (Lipinski definition) is 6. The molecule has 0 aromatic carbocycles. The van der Waals surface area contributed by atoms with Crippen LogP contribution in [-0.2, 0) is 16.4 Å². The maximum Gasteiger partial charge on any atom is 0.178 e. The van der Waals surface area contributed by atoms with E-state index < -0.39 is 9.84 Å². The Balaban J connectivity index is 1.73. The summed E-state index contributed by atoms with van der Waals surface area (Å²) in [6.45, 7) is 6.45. The van der Waals surface area contributed by atoms with Gasteiger partial charge in [0.05, 0.1) is 23.7 Å². The number of Topliss-reactive ketones (excluding diaryl/α,β-unsaturated/α-hetero) is 1. The Labute approximate surface area is 153 Å². The fourth-order valence-corrected chi connectivity index (χ4v) is 5.46. The molecule has 0 aliphatic carbocycles. The van der Waals surface area contributed by atoms with Crippen LogP contribution in [-0.4, -0.2) is 53.9 Å². The van der Waals surface area contributed by atoms with Crippen molar-refractivity contribution < 1.29 is 17.7 Å². The molecule has 1 aliphatic rings. The second-order valence-electron chi connectivity index (χ2n) is 7.24. The van der Waals surface area contributed by atoms with Crippen molar-refractivity contribution in [2.24, 2.45) is 0 Å². The van der Waals surface area contributed by atoms with E-state index in [0.717, 1.165) is 22.8 Å². The zero-order valence-corrected chi connectivity index (χ0v) is 16.5. The van der Waals surface area contributed by atoms with Gasteiger partial charge in [0.2, 0.25) is 0 Å². The predicted molar refractivity (Wildman–Crippen MR) is 98.1 cm³/mol. The number of aromatic nitrogens is 2. The van der Waals surface area contributed by atoms with E-state index in [9.17, 15) is 13.2 Å². The quantitative estimate of drug-likeness (QED) is 0.715. The van der Waals surface area contributed by atoms with Crippen molar-refractivity contribution in [1.29, 1.82) is 0 Å². The molecule has 1 unspecified atom stereocenters. The van der Waals surface area contributed by atoms with Crippen LogP contribution < -0.4 is 0 Å². The molecule has 26 heavy (non-hydrogen) atoms. The summed E-state index contributed by atoms with van der Waals surface area (Å²) in [6.07, 6.45) is 0.609. The number of carbonyl (C=O) groups excluding carboxylic acids is 1. The molecule has 1 atom stereocenters. The lowest BCUT2D eigenvalue weighted by Crippen LogP contribution is -2.26. The van der Waals surface area contributed by atoms with Gasteiger partial charge < -0.3 is 9.09 Å². The molecule has 3 rings (SSSR count). The summed E-state index contributed by atoms with van der Waals surface area (Å²) >= 11 is 0. The lowest BCUT2D eigenvalue weighted by atomic mass is 10.1. The van der Waals surface area contributed by atoms with Crippen molar-refractivity contribution in [3.63, 3.8) is 0 Å². The van der Waals surface area contributed by atoms with Gasteiger partial charge in [-0.05, 0) is 40.3 Å². The van der Waals surface area contributed by atoms with E-state index in [2.05, 4.69) is 5.16 Å². The Morgan fingerprint density at radius 3 is 2.65 bits per heavy atom. The highest BCUT2D eigenvalue weighted by Crippen LogP contribution is 2.29. The first-order valence-electron chi connectivity index (χ1n) is 8.69. The van der Waals surface area contributed by atoms with Gasteiger partial charge in [0.15, 0.2) is 15.6 Å². The van der Waals surface area contributed by atoms with Crippen LogP contribution in [0.1, 0.15) is 45.7 Å². The van der Waals surface area contributed by atoms with E-state index in [4.69, 9.17) is 4.52 Å². The second kappa shape index (κ2) is 7.00. The fraction of sp³-hybridized carbons (Fsp3) is 0.556. The highest BCUT2D eigenvalue weighted by Gasteiger charge is 2.31. The molecule has 0 radical (unpaired) electrons. The summed E-state index contributed by atoms with van der Waals surface area (Å²) in [5.41, 5.74) is 3.23. The first kappa shape index (κ1) is 18.8. The zero-order valence-electron chi connectivity index (χ0n) is 15.7. The lowest BCUT2D eigenvalue weighted by molar-refractivity contribution is 0.0941.